The summed E-state index contributed by atoms with van der Waals surface area (Å²) in [5, 5.41) is 9.35. The first-order chi connectivity index (χ1) is 10.5. The van der Waals surface area contributed by atoms with Crippen LogP contribution in [0.5, 0.6) is 0 Å². The molecule has 22 heavy (non-hydrogen) atoms. The van der Waals surface area contributed by atoms with Crippen molar-refractivity contribution < 1.29 is 14.7 Å². The lowest BCUT2D eigenvalue weighted by molar-refractivity contribution is -0.140. The lowest BCUT2D eigenvalue weighted by atomic mass is 10.2. The van der Waals surface area contributed by atoms with Gasteiger partial charge in [-0.25, -0.2) is 4.98 Å². The molecule has 1 aromatic rings. The highest BCUT2D eigenvalue weighted by Gasteiger charge is 2.34. The van der Waals surface area contributed by atoms with Crippen LogP contribution in [0.4, 0.5) is 0 Å². The molecule has 2 amide bonds. The van der Waals surface area contributed by atoms with Gasteiger partial charge in [0.1, 0.15) is 11.8 Å². The zero-order valence-electron chi connectivity index (χ0n) is 12.3. The minimum Gasteiger partial charge on any atom is -0.384 e. The second-order valence-corrected chi connectivity index (χ2v) is 8.05. The average Bonchev–Trinajstić information content (AvgIpc) is 3.28. The van der Waals surface area contributed by atoms with Gasteiger partial charge in [-0.1, -0.05) is 0 Å². The monoisotopic (exact) mass is 387 g/mol. The molecule has 0 spiro atoms. The van der Waals surface area contributed by atoms with E-state index < -0.39 is 6.10 Å². The normalized spacial score (nSPS) is 20.1. The number of aliphatic hydroxyl groups is 1. The summed E-state index contributed by atoms with van der Waals surface area (Å²) < 4.78 is 0.751. The average molecular weight is 388 g/mol. The number of aliphatic hydroxyl groups excluding tert-OH is 1. The highest BCUT2D eigenvalue weighted by Crippen LogP contribution is 2.45. The largest absolute Gasteiger partial charge is 0.384 e. The van der Waals surface area contributed by atoms with Crippen LogP contribution in [-0.2, 0) is 4.79 Å². The lowest BCUT2D eigenvalue weighted by Gasteiger charge is -2.35. The summed E-state index contributed by atoms with van der Waals surface area (Å²) in [5.74, 6) is 0.163. The van der Waals surface area contributed by atoms with Gasteiger partial charge in [0.2, 0.25) is 0 Å². The molecule has 8 heteroatoms. The number of hydrogen-bond donors (Lipinski definition) is 1. The van der Waals surface area contributed by atoms with Crippen LogP contribution in [0.15, 0.2) is 3.92 Å². The molecule has 0 bridgehead atoms. The smallest absolute Gasteiger partial charge is 0.273 e. The fraction of sp³-hybridized carbons (Fsp3) is 0.643. The summed E-state index contributed by atoms with van der Waals surface area (Å²) >= 11 is 4.92. The molecule has 2 aliphatic rings. The molecule has 1 saturated carbocycles. The minimum atomic E-state index is -0.988. The van der Waals surface area contributed by atoms with Crippen LogP contribution >= 0.6 is 27.3 Å². The van der Waals surface area contributed by atoms with E-state index in [0.29, 0.717) is 37.8 Å². The van der Waals surface area contributed by atoms with Crippen molar-refractivity contribution in [2.24, 2.45) is 0 Å². The second-order valence-electron chi connectivity index (χ2n) is 5.75. The number of aromatic nitrogens is 1. The Morgan fingerprint density at radius 2 is 1.86 bits per heavy atom. The molecule has 0 aromatic carbocycles. The highest BCUT2D eigenvalue weighted by atomic mass is 79.9. The summed E-state index contributed by atoms with van der Waals surface area (Å²) in [5.41, 5.74) is 0.565. The predicted octanol–water partition coefficient (Wildman–Crippen LogP) is 1.45. The molecule has 2 heterocycles. The van der Waals surface area contributed by atoms with E-state index in [-0.39, 0.29) is 11.8 Å². The summed E-state index contributed by atoms with van der Waals surface area (Å²) in [6.07, 6.45) is 1.27. The van der Waals surface area contributed by atoms with E-state index in [1.807, 2.05) is 0 Å². The Labute approximate surface area is 141 Å². The Kier molecular flexibility index (Phi) is 4.52. The van der Waals surface area contributed by atoms with E-state index >= 15 is 0 Å². The standard InChI is InChI=1S/C14H18BrN3O3S/c1-8(19)12(20)17-4-6-18(7-5-17)13(21)10-11(9-2-3-9)22-14(15)16-10/h8-9,19H,2-7H2,1H3/t8-/m0/s1. The van der Waals surface area contributed by atoms with Crippen LogP contribution < -0.4 is 0 Å². The van der Waals surface area contributed by atoms with Gasteiger partial charge < -0.3 is 14.9 Å². The summed E-state index contributed by atoms with van der Waals surface area (Å²) in [7, 11) is 0. The van der Waals surface area contributed by atoms with Gasteiger partial charge >= 0.3 is 0 Å². The number of carbonyl (C=O) groups excluding carboxylic acids is 2. The molecule has 1 aliphatic carbocycles. The zero-order chi connectivity index (χ0) is 15.9. The Morgan fingerprint density at radius 1 is 1.27 bits per heavy atom. The van der Waals surface area contributed by atoms with Crippen molar-refractivity contribution in [1.82, 2.24) is 14.8 Å². The number of carbonyl (C=O) groups is 2. The van der Waals surface area contributed by atoms with Crippen molar-refractivity contribution in [3.63, 3.8) is 0 Å². The third-order valence-electron chi connectivity index (χ3n) is 4.01. The van der Waals surface area contributed by atoms with Crippen LogP contribution in [0.1, 0.15) is 41.0 Å². The van der Waals surface area contributed by atoms with E-state index in [9.17, 15) is 14.7 Å². The lowest BCUT2D eigenvalue weighted by Crippen LogP contribution is -2.52. The van der Waals surface area contributed by atoms with Gasteiger partial charge in [0, 0.05) is 31.1 Å². The van der Waals surface area contributed by atoms with Crippen LogP contribution in [0, 0.1) is 0 Å². The highest BCUT2D eigenvalue weighted by molar-refractivity contribution is 9.11. The maximum absolute atomic E-state index is 12.7. The van der Waals surface area contributed by atoms with Crippen LogP contribution in [0.25, 0.3) is 0 Å². The van der Waals surface area contributed by atoms with Crippen LogP contribution in [0.2, 0.25) is 0 Å². The van der Waals surface area contributed by atoms with Crippen molar-refractivity contribution >= 4 is 39.1 Å². The molecular weight excluding hydrogens is 370 g/mol. The van der Waals surface area contributed by atoms with E-state index in [1.165, 1.54) is 6.92 Å². The quantitative estimate of drug-likeness (QED) is 0.851. The van der Waals surface area contributed by atoms with Crippen molar-refractivity contribution in [3.05, 3.63) is 14.5 Å². The third kappa shape index (κ3) is 3.18. The number of amides is 2. The van der Waals surface area contributed by atoms with Gasteiger partial charge in [0.25, 0.3) is 11.8 Å². The van der Waals surface area contributed by atoms with E-state index in [2.05, 4.69) is 20.9 Å². The molecule has 0 unspecified atom stereocenters. The minimum absolute atomic E-state index is 0.0482. The van der Waals surface area contributed by atoms with E-state index in [4.69, 9.17) is 0 Å². The van der Waals surface area contributed by atoms with Gasteiger partial charge in [-0.2, -0.15) is 0 Å². The fourth-order valence-electron chi connectivity index (χ4n) is 2.62. The zero-order valence-corrected chi connectivity index (χ0v) is 14.7. The molecule has 120 valence electrons. The van der Waals surface area contributed by atoms with Gasteiger partial charge in [0.05, 0.1) is 0 Å². The molecule has 2 fully saturated rings. The second kappa shape index (κ2) is 6.25. The molecular formula is C14H18BrN3O3S. The summed E-state index contributed by atoms with van der Waals surface area (Å²) in [4.78, 5) is 33.2. The van der Waals surface area contributed by atoms with Gasteiger partial charge in [0.15, 0.2) is 3.92 Å². The van der Waals surface area contributed by atoms with Crippen LogP contribution in [0.3, 0.4) is 0 Å². The Morgan fingerprint density at radius 3 is 2.41 bits per heavy atom. The van der Waals surface area contributed by atoms with Gasteiger partial charge in [-0.05, 0) is 41.6 Å². The first kappa shape index (κ1) is 15.9. The Hall–Kier alpha value is -0.990. The number of halogens is 1. The van der Waals surface area contributed by atoms with E-state index in [1.54, 1.807) is 21.1 Å². The first-order valence-corrected chi connectivity index (χ1v) is 9.00. The predicted molar refractivity (Wildman–Crippen MR) is 86.0 cm³/mol. The Balaban J connectivity index is 1.66. The van der Waals surface area contributed by atoms with Crippen molar-refractivity contribution in [1.29, 1.82) is 0 Å². The van der Waals surface area contributed by atoms with Crippen molar-refractivity contribution in [2.45, 2.75) is 31.8 Å². The van der Waals surface area contributed by atoms with Gasteiger partial charge in [-0.15, -0.1) is 11.3 Å². The topological polar surface area (TPSA) is 73.7 Å². The molecule has 1 aliphatic heterocycles. The molecule has 3 rings (SSSR count). The Bertz CT molecular complexity index is 592. The van der Waals surface area contributed by atoms with E-state index in [0.717, 1.165) is 21.6 Å². The molecule has 1 N–H and O–H groups in total. The fourth-order valence-corrected chi connectivity index (χ4v) is 4.28. The molecule has 1 atom stereocenters. The summed E-state index contributed by atoms with van der Waals surface area (Å²) in [6.45, 7) is 3.35. The summed E-state index contributed by atoms with van der Waals surface area (Å²) in [6, 6.07) is 0. The molecule has 1 saturated heterocycles. The number of thiazole rings is 1. The molecule has 6 nitrogen and oxygen atoms in total. The van der Waals surface area contributed by atoms with Gasteiger partial charge in [-0.3, -0.25) is 9.59 Å². The van der Waals surface area contributed by atoms with Crippen LogP contribution in [-0.4, -0.2) is 64.0 Å². The maximum Gasteiger partial charge on any atom is 0.273 e. The van der Waals surface area contributed by atoms with Crippen molar-refractivity contribution in [2.75, 3.05) is 26.2 Å². The number of rotatable bonds is 3. The number of piperazine rings is 1. The number of nitrogens with zero attached hydrogens (tertiary/aromatic N) is 3. The first-order valence-electron chi connectivity index (χ1n) is 7.39. The maximum atomic E-state index is 12.7. The van der Waals surface area contributed by atoms with Crippen molar-refractivity contribution in [3.8, 4) is 0 Å². The third-order valence-corrected chi connectivity index (χ3v) is 5.68. The number of hydrogen-bond acceptors (Lipinski definition) is 5. The molecule has 0 radical (unpaired) electrons. The molecule has 1 aromatic heterocycles. The SMILES string of the molecule is C[C@H](O)C(=O)N1CCN(C(=O)c2nc(Br)sc2C2CC2)CC1.